The van der Waals surface area contributed by atoms with Gasteiger partial charge in [0.2, 0.25) is 11.8 Å². The Morgan fingerprint density at radius 1 is 1.04 bits per heavy atom. The second-order valence-corrected chi connectivity index (χ2v) is 9.04. The molecule has 2 rings (SSSR count). The Morgan fingerprint density at radius 2 is 1.70 bits per heavy atom. The first kappa shape index (κ1) is 18.2. The third-order valence-corrected chi connectivity index (χ3v) is 6.89. The number of amides is 2. The van der Waals surface area contributed by atoms with Gasteiger partial charge in [0.25, 0.3) is 0 Å². The third kappa shape index (κ3) is 4.93. The summed E-state index contributed by atoms with van der Waals surface area (Å²) in [5.74, 6) is 0.176. The average molecular weight is 344 g/mol. The van der Waals surface area contributed by atoms with Gasteiger partial charge < -0.3 is 9.80 Å². The fourth-order valence-corrected chi connectivity index (χ4v) is 5.44. The lowest BCUT2D eigenvalue weighted by Gasteiger charge is -2.34. The molecule has 2 aliphatic rings. The van der Waals surface area contributed by atoms with Gasteiger partial charge in [0.05, 0.1) is 11.5 Å². The number of hydrogen-bond acceptors (Lipinski definition) is 4. The lowest BCUT2D eigenvalue weighted by Crippen LogP contribution is -2.44. The fraction of sp³-hybridized carbons (Fsp3) is 0.875. The van der Waals surface area contributed by atoms with Crippen LogP contribution < -0.4 is 0 Å². The Labute approximate surface area is 139 Å². The number of carbonyl (C=O) groups is 2. The molecule has 23 heavy (non-hydrogen) atoms. The molecule has 132 valence electrons. The van der Waals surface area contributed by atoms with Crippen molar-refractivity contribution in [3.63, 3.8) is 0 Å². The van der Waals surface area contributed by atoms with Crippen molar-refractivity contribution in [1.82, 2.24) is 9.80 Å². The summed E-state index contributed by atoms with van der Waals surface area (Å²) in [4.78, 5) is 27.6. The van der Waals surface area contributed by atoms with Gasteiger partial charge in [-0.1, -0.05) is 19.3 Å². The van der Waals surface area contributed by atoms with Gasteiger partial charge in [-0.3, -0.25) is 9.59 Å². The first-order valence-corrected chi connectivity index (χ1v) is 10.4. The Bertz CT molecular complexity index is 540. The van der Waals surface area contributed by atoms with Crippen molar-refractivity contribution in [3.8, 4) is 0 Å². The Hall–Kier alpha value is -1.11. The average Bonchev–Trinajstić information content (AvgIpc) is 2.87. The first-order valence-electron chi connectivity index (χ1n) is 8.53. The van der Waals surface area contributed by atoms with E-state index < -0.39 is 9.84 Å². The van der Waals surface area contributed by atoms with Crippen LogP contribution in [-0.2, 0) is 19.4 Å². The van der Waals surface area contributed by atoms with Gasteiger partial charge >= 0.3 is 0 Å². The molecular formula is C16H28N2O4S. The summed E-state index contributed by atoms with van der Waals surface area (Å²) in [6.07, 6.45) is 6.33. The van der Waals surface area contributed by atoms with E-state index in [1.54, 1.807) is 18.9 Å². The lowest BCUT2D eigenvalue weighted by molar-refractivity contribution is -0.135. The smallest absolute Gasteiger partial charge is 0.224 e. The van der Waals surface area contributed by atoms with Crippen molar-refractivity contribution < 1.29 is 18.0 Å². The number of carbonyl (C=O) groups excluding carboxylic acids is 2. The third-order valence-electron chi connectivity index (χ3n) is 5.14. The maximum atomic E-state index is 12.3. The van der Waals surface area contributed by atoms with Crippen LogP contribution in [0.15, 0.2) is 0 Å². The minimum Gasteiger partial charge on any atom is -0.342 e. The van der Waals surface area contributed by atoms with Gasteiger partial charge in [-0.05, 0) is 19.3 Å². The minimum absolute atomic E-state index is 0.0239. The Balaban J connectivity index is 1.87. The fourth-order valence-electron chi connectivity index (χ4n) is 3.67. The number of hydrogen-bond donors (Lipinski definition) is 0. The predicted molar refractivity (Wildman–Crippen MR) is 88.7 cm³/mol. The molecule has 1 aliphatic heterocycles. The van der Waals surface area contributed by atoms with Crippen LogP contribution in [0.4, 0.5) is 0 Å². The topological polar surface area (TPSA) is 74.8 Å². The van der Waals surface area contributed by atoms with Crippen LogP contribution in [0.25, 0.3) is 0 Å². The molecule has 0 N–H and O–H groups in total. The van der Waals surface area contributed by atoms with Gasteiger partial charge in [-0.2, -0.15) is 0 Å². The molecule has 1 atom stereocenters. The SMILES string of the molecule is CC(=O)N(CCC(=O)N(C)C1CCS(=O)(=O)C1)C1CCCCC1. The molecule has 1 saturated carbocycles. The van der Waals surface area contributed by atoms with Crippen LogP contribution in [0.2, 0.25) is 0 Å². The number of rotatable bonds is 5. The van der Waals surface area contributed by atoms with E-state index in [2.05, 4.69) is 0 Å². The van der Waals surface area contributed by atoms with E-state index in [9.17, 15) is 18.0 Å². The van der Waals surface area contributed by atoms with Crippen molar-refractivity contribution in [1.29, 1.82) is 0 Å². The zero-order valence-corrected chi connectivity index (χ0v) is 15.0. The van der Waals surface area contributed by atoms with Crippen LogP contribution in [0.5, 0.6) is 0 Å². The van der Waals surface area contributed by atoms with Crippen LogP contribution in [0.1, 0.15) is 51.9 Å². The van der Waals surface area contributed by atoms with E-state index in [4.69, 9.17) is 0 Å². The second kappa shape index (κ2) is 7.64. The molecule has 0 radical (unpaired) electrons. The largest absolute Gasteiger partial charge is 0.342 e. The van der Waals surface area contributed by atoms with E-state index in [1.807, 2.05) is 4.90 Å². The second-order valence-electron chi connectivity index (χ2n) is 6.82. The lowest BCUT2D eigenvalue weighted by atomic mass is 9.94. The predicted octanol–water partition coefficient (Wildman–Crippen LogP) is 1.20. The Morgan fingerprint density at radius 3 is 2.22 bits per heavy atom. The molecule has 0 bridgehead atoms. The van der Waals surface area contributed by atoms with Gasteiger partial charge in [0, 0.05) is 39.0 Å². The van der Waals surface area contributed by atoms with Crippen molar-refractivity contribution in [2.24, 2.45) is 0 Å². The van der Waals surface area contributed by atoms with E-state index in [0.717, 1.165) is 25.7 Å². The summed E-state index contributed by atoms with van der Waals surface area (Å²) in [7, 11) is -1.32. The standard InChI is InChI=1S/C16H28N2O4S/c1-13(19)18(14-6-4-3-5-7-14)10-8-16(20)17(2)15-9-11-23(21,22)12-15/h14-15H,3-12H2,1-2H3. The molecule has 6 nitrogen and oxygen atoms in total. The highest BCUT2D eigenvalue weighted by molar-refractivity contribution is 7.91. The zero-order chi connectivity index (χ0) is 17.0. The van der Waals surface area contributed by atoms with Crippen molar-refractivity contribution in [3.05, 3.63) is 0 Å². The molecule has 0 aromatic heterocycles. The molecule has 0 aromatic rings. The molecule has 0 spiro atoms. The summed E-state index contributed by atoms with van der Waals surface area (Å²) in [5.41, 5.74) is 0. The number of nitrogens with zero attached hydrogens (tertiary/aromatic N) is 2. The Kier molecular flexibility index (Phi) is 6.06. The minimum atomic E-state index is -2.99. The monoisotopic (exact) mass is 344 g/mol. The van der Waals surface area contributed by atoms with Crippen LogP contribution >= 0.6 is 0 Å². The quantitative estimate of drug-likeness (QED) is 0.751. The molecule has 1 unspecified atom stereocenters. The highest BCUT2D eigenvalue weighted by atomic mass is 32.2. The van der Waals surface area contributed by atoms with Crippen LogP contribution in [0.3, 0.4) is 0 Å². The molecule has 7 heteroatoms. The van der Waals surface area contributed by atoms with Crippen LogP contribution in [-0.4, -0.2) is 67.2 Å². The summed E-state index contributed by atoms with van der Waals surface area (Å²) in [6, 6.07) is 0.0409. The van der Waals surface area contributed by atoms with Gasteiger partial charge in [0.15, 0.2) is 9.84 Å². The summed E-state index contributed by atoms with van der Waals surface area (Å²) < 4.78 is 23.1. The molecule has 2 amide bonds. The van der Waals surface area contributed by atoms with E-state index in [-0.39, 0.29) is 41.8 Å². The molecule has 1 heterocycles. The normalized spacial score (nSPS) is 24.3. The molecule has 1 saturated heterocycles. The number of sulfone groups is 1. The van der Waals surface area contributed by atoms with Crippen molar-refractivity contribution >= 4 is 21.7 Å². The van der Waals surface area contributed by atoms with Crippen LogP contribution in [0, 0.1) is 0 Å². The highest BCUT2D eigenvalue weighted by Gasteiger charge is 2.33. The van der Waals surface area contributed by atoms with E-state index in [0.29, 0.717) is 13.0 Å². The summed E-state index contributed by atoms with van der Waals surface area (Å²) >= 11 is 0. The maximum absolute atomic E-state index is 12.3. The summed E-state index contributed by atoms with van der Waals surface area (Å²) in [6.45, 7) is 2.00. The van der Waals surface area contributed by atoms with E-state index >= 15 is 0 Å². The first-order chi connectivity index (χ1) is 10.8. The molecule has 0 aromatic carbocycles. The van der Waals surface area contributed by atoms with Crippen molar-refractivity contribution in [2.45, 2.75) is 64.0 Å². The maximum Gasteiger partial charge on any atom is 0.224 e. The highest BCUT2D eigenvalue weighted by Crippen LogP contribution is 2.23. The molecule has 1 aliphatic carbocycles. The zero-order valence-electron chi connectivity index (χ0n) is 14.2. The van der Waals surface area contributed by atoms with E-state index in [1.165, 1.54) is 6.42 Å². The molecule has 2 fully saturated rings. The van der Waals surface area contributed by atoms with Gasteiger partial charge in [-0.25, -0.2) is 8.42 Å². The van der Waals surface area contributed by atoms with Gasteiger partial charge in [0.1, 0.15) is 0 Å². The molecular weight excluding hydrogens is 316 g/mol. The van der Waals surface area contributed by atoms with Gasteiger partial charge in [-0.15, -0.1) is 0 Å². The summed E-state index contributed by atoms with van der Waals surface area (Å²) in [5, 5.41) is 0. The van der Waals surface area contributed by atoms with Crippen molar-refractivity contribution in [2.75, 3.05) is 25.1 Å².